The van der Waals surface area contributed by atoms with Gasteiger partial charge in [0.25, 0.3) is 5.56 Å². The molecule has 1 amide bonds. The third kappa shape index (κ3) is 3.86. The minimum absolute atomic E-state index is 0.0821. The summed E-state index contributed by atoms with van der Waals surface area (Å²) in [6, 6.07) is 11.4. The molecule has 5 nitrogen and oxygen atoms in total. The molecular weight excluding hydrogens is 390 g/mol. The second-order valence-corrected chi connectivity index (χ2v) is 9.40. The number of hydrogen-bond acceptors (Lipinski definition) is 5. The smallest absolute Gasteiger partial charge is 0.276 e. The molecule has 1 saturated heterocycles. The van der Waals surface area contributed by atoms with E-state index >= 15 is 0 Å². The molecule has 1 fully saturated rings. The van der Waals surface area contributed by atoms with Crippen LogP contribution in [0.4, 0.5) is 0 Å². The predicted octanol–water partition coefficient (Wildman–Crippen LogP) is 4.04. The van der Waals surface area contributed by atoms with E-state index in [0.717, 1.165) is 18.8 Å². The van der Waals surface area contributed by atoms with Gasteiger partial charge in [0.05, 0.1) is 17.0 Å². The molecule has 0 bridgehead atoms. The second-order valence-electron chi connectivity index (χ2n) is 7.54. The quantitative estimate of drug-likeness (QED) is 0.478. The third-order valence-electron chi connectivity index (χ3n) is 5.01. The van der Waals surface area contributed by atoms with Gasteiger partial charge >= 0.3 is 0 Å². The molecule has 0 radical (unpaired) electrons. The van der Waals surface area contributed by atoms with Gasteiger partial charge in [-0.2, -0.15) is 0 Å². The van der Waals surface area contributed by atoms with Crippen LogP contribution in [-0.4, -0.2) is 39.2 Å². The number of carbonyl (C=O) groups excluding carboxylic acids is 1. The van der Waals surface area contributed by atoms with Crippen molar-refractivity contribution in [1.29, 1.82) is 0 Å². The molecule has 146 valence electrons. The Morgan fingerprint density at radius 2 is 1.89 bits per heavy atom. The van der Waals surface area contributed by atoms with Crippen molar-refractivity contribution in [3.8, 4) is 5.69 Å². The number of nitrogens with zero attached hydrogens (tertiary/aromatic N) is 3. The monoisotopic (exact) mass is 413 g/mol. The maximum absolute atomic E-state index is 13.1. The standard InChI is InChI=1S/C21H23N3O2S2/c1-14-10-15(2)12-23(11-14)18(25)13-28-21-22-17-8-9-27-19(17)20(26)24(21)16-6-4-3-5-7-16/h3-9,14-15H,10-13H2,1-2H3/t14-,15-/m1/s1. The molecule has 2 aromatic heterocycles. The van der Waals surface area contributed by atoms with E-state index in [1.807, 2.05) is 46.7 Å². The van der Waals surface area contributed by atoms with E-state index in [-0.39, 0.29) is 17.2 Å². The SMILES string of the molecule is C[C@@H]1C[C@@H](C)CN(C(=O)CSc2nc3ccsc3c(=O)n2-c2ccccc2)C1. The zero-order valence-electron chi connectivity index (χ0n) is 16.0. The summed E-state index contributed by atoms with van der Waals surface area (Å²) in [4.78, 5) is 32.5. The fourth-order valence-electron chi connectivity index (χ4n) is 3.88. The number of thioether (sulfide) groups is 1. The molecule has 7 heteroatoms. The van der Waals surface area contributed by atoms with E-state index in [2.05, 4.69) is 18.8 Å². The lowest BCUT2D eigenvalue weighted by molar-refractivity contribution is -0.130. The van der Waals surface area contributed by atoms with Gasteiger partial charge in [0.15, 0.2) is 5.16 Å². The maximum atomic E-state index is 13.1. The summed E-state index contributed by atoms with van der Waals surface area (Å²) in [5.74, 6) is 1.46. The van der Waals surface area contributed by atoms with Gasteiger partial charge in [-0.05, 0) is 41.8 Å². The molecule has 28 heavy (non-hydrogen) atoms. The lowest BCUT2D eigenvalue weighted by Gasteiger charge is -2.35. The second kappa shape index (κ2) is 8.09. The topological polar surface area (TPSA) is 55.2 Å². The largest absolute Gasteiger partial charge is 0.341 e. The summed E-state index contributed by atoms with van der Waals surface area (Å²) >= 11 is 2.74. The Balaban J connectivity index is 1.63. The highest BCUT2D eigenvalue weighted by Crippen LogP contribution is 2.25. The molecule has 1 aromatic carbocycles. The Labute approximate surface area is 172 Å². The average Bonchev–Trinajstić information content (AvgIpc) is 3.15. The molecule has 3 aromatic rings. The van der Waals surface area contributed by atoms with Gasteiger partial charge in [-0.1, -0.05) is 43.8 Å². The molecule has 1 aliphatic rings. The van der Waals surface area contributed by atoms with Gasteiger partial charge in [0, 0.05) is 13.1 Å². The van der Waals surface area contributed by atoms with Crippen LogP contribution in [0.3, 0.4) is 0 Å². The van der Waals surface area contributed by atoms with Crippen LogP contribution in [0.25, 0.3) is 15.9 Å². The van der Waals surface area contributed by atoms with Crippen molar-refractivity contribution in [3.63, 3.8) is 0 Å². The van der Waals surface area contributed by atoms with Gasteiger partial charge in [-0.3, -0.25) is 14.2 Å². The fourth-order valence-corrected chi connectivity index (χ4v) is 5.55. The first-order valence-electron chi connectivity index (χ1n) is 9.49. The minimum Gasteiger partial charge on any atom is -0.341 e. The Morgan fingerprint density at radius 1 is 1.18 bits per heavy atom. The average molecular weight is 414 g/mol. The zero-order valence-corrected chi connectivity index (χ0v) is 17.6. The normalized spacial score (nSPS) is 19.9. The molecule has 0 N–H and O–H groups in total. The maximum Gasteiger partial charge on any atom is 0.276 e. The summed E-state index contributed by atoms with van der Waals surface area (Å²) in [5.41, 5.74) is 1.38. The molecular formula is C21H23N3O2S2. The molecule has 0 unspecified atom stereocenters. The molecule has 0 saturated carbocycles. The van der Waals surface area contributed by atoms with E-state index in [4.69, 9.17) is 0 Å². The van der Waals surface area contributed by atoms with Crippen molar-refractivity contribution >= 4 is 39.2 Å². The molecule has 2 atom stereocenters. The zero-order chi connectivity index (χ0) is 19.7. The van der Waals surface area contributed by atoms with Gasteiger partial charge in [-0.15, -0.1) is 11.3 Å². The lowest BCUT2D eigenvalue weighted by atomic mass is 9.92. The number of likely N-dealkylation sites (tertiary alicyclic amines) is 1. The first-order valence-corrected chi connectivity index (χ1v) is 11.4. The summed E-state index contributed by atoms with van der Waals surface area (Å²) < 4.78 is 2.26. The summed E-state index contributed by atoms with van der Waals surface area (Å²) in [5, 5.41) is 2.44. The molecule has 4 rings (SSSR count). The van der Waals surface area contributed by atoms with Crippen LogP contribution in [0.2, 0.25) is 0 Å². The number of hydrogen-bond donors (Lipinski definition) is 0. The summed E-state index contributed by atoms with van der Waals surface area (Å²) in [6.45, 7) is 6.02. The fraction of sp³-hybridized carbons (Fsp3) is 0.381. The number of amides is 1. The highest BCUT2D eigenvalue weighted by atomic mass is 32.2. The van der Waals surface area contributed by atoms with Crippen LogP contribution in [0.5, 0.6) is 0 Å². The van der Waals surface area contributed by atoms with E-state index < -0.39 is 0 Å². The van der Waals surface area contributed by atoms with Gasteiger partial charge in [0.2, 0.25) is 5.91 Å². The van der Waals surface area contributed by atoms with Gasteiger partial charge in [0.1, 0.15) is 4.70 Å². The van der Waals surface area contributed by atoms with Crippen LogP contribution in [0, 0.1) is 11.8 Å². The number of thiophene rings is 1. The summed E-state index contributed by atoms with van der Waals surface area (Å²) in [7, 11) is 0. The number of benzene rings is 1. The van der Waals surface area contributed by atoms with Crippen molar-refractivity contribution in [1.82, 2.24) is 14.5 Å². The number of piperidine rings is 1. The Morgan fingerprint density at radius 3 is 2.61 bits per heavy atom. The predicted molar refractivity (Wildman–Crippen MR) is 115 cm³/mol. The lowest BCUT2D eigenvalue weighted by Crippen LogP contribution is -2.43. The Bertz CT molecular complexity index is 1030. The first kappa shape index (κ1) is 19.2. The number of fused-ring (bicyclic) bond motifs is 1. The van der Waals surface area contributed by atoms with Crippen molar-refractivity contribution in [3.05, 3.63) is 52.1 Å². The van der Waals surface area contributed by atoms with Crippen LogP contribution in [0.1, 0.15) is 20.3 Å². The first-order chi connectivity index (χ1) is 13.5. The minimum atomic E-state index is -0.0821. The number of carbonyl (C=O) groups is 1. The van der Waals surface area contributed by atoms with Gasteiger partial charge in [-0.25, -0.2) is 4.98 Å². The van der Waals surface area contributed by atoms with Crippen molar-refractivity contribution in [2.24, 2.45) is 11.8 Å². The van der Waals surface area contributed by atoms with Crippen molar-refractivity contribution < 1.29 is 4.79 Å². The third-order valence-corrected chi connectivity index (χ3v) is 6.82. The number of para-hydroxylation sites is 1. The van der Waals surface area contributed by atoms with Crippen LogP contribution in [-0.2, 0) is 4.79 Å². The Kier molecular flexibility index (Phi) is 5.55. The van der Waals surface area contributed by atoms with Crippen molar-refractivity contribution in [2.45, 2.75) is 25.4 Å². The van der Waals surface area contributed by atoms with Crippen LogP contribution < -0.4 is 5.56 Å². The number of rotatable bonds is 4. The number of aromatic nitrogens is 2. The molecule has 3 heterocycles. The van der Waals surface area contributed by atoms with E-state index in [1.165, 1.54) is 29.5 Å². The van der Waals surface area contributed by atoms with Gasteiger partial charge < -0.3 is 4.90 Å². The highest BCUT2D eigenvalue weighted by molar-refractivity contribution is 7.99. The van der Waals surface area contributed by atoms with E-state index in [9.17, 15) is 9.59 Å². The van der Waals surface area contributed by atoms with E-state index in [0.29, 0.717) is 27.2 Å². The molecule has 0 spiro atoms. The van der Waals surface area contributed by atoms with Crippen LogP contribution in [0.15, 0.2) is 51.7 Å². The van der Waals surface area contributed by atoms with E-state index in [1.54, 1.807) is 4.57 Å². The van der Waals surface area contributed by atoms with Crippen LogP contribution >= 0.6 is 23.1 Å². The molecule has 1 aliphatic heterocycles. The highest BCUT2D eigenvalue weighted by Gasteiger charge is 2.26. The Hall–Kier alpha value is -2.12. The molecule has 0 aliphatic carbocycles. The van der Waals surface area contributed by atoms with Crippen molar-refractivity contribution in [2.75, 3.05) is 18.8 Å². The summed E-state index contributed by atoms with van der Waals surface area (Å²) in [6.07, 6.45) is 1.17.